The summed E-state index contributed by atoms with van der Waals surface area (Å²) in [6, 6.07) is 16.2. The Balaban J connectivity index is 2.03. The molecule has 0 fully saturated rings. The van der Waals surface area contributed by atoms with Crippen LogP contribution in [0.4, 0.5) is 10.1 Å². The van der Waals surface area contributed by atoms with Gasteiger partial charge in [0.2, 0.25) is 0 Å². The van der Waals surface area contributed by atoms with Crippen LogP contribution in [-0.4, -0.2) is 6.04 Å². The van der Waals surface area contributed by atoms with Crippen molar-refractivity contribution in [2.24, 2.45) is 0 Å². The first-order chi connectivity index (χ1) is 9.19. The van der Waals surface area contributed by atoms with Crippen LogP contribution in [0.1, 0.15) is 18.1 Å². The third-order valence-electron chi connectivity index (χ3n) is 2.90. The lowest BCUT2D eigenvalue weighted by molar-refractivity contribution is 0.626. The summed E-state index contributed by atoms with van der Waals surface area (Å²) in [6.45, 7) is 2.04. The van der Waals surface area contributed by atoms with Gasteiger partial charge in [-0.3, -0.25) is 0 Å². The van der Waals surface area contributed by atoms with Crippen LogP contribution < -0.4 is 5.32 Å². The molecule has 1 unspecified atom stereocenters. The second kappa shape index (κ2) is 6.01. The van der Waals surface area contributed by atoms with Gasteiger partial charge in [-0.05, 0) is 43.2 Å². The molecular weight excluding hydrogens is 239 g/mol. The Morgan fingerprint density at radius 3 is 2.53 bits per heavy atom. The molecule has 0 aromatic heterocycles. The van der Waals surface area contributed by atoms with Gasteiger partial charge in [-0.1, -0.05) is 24.3 Å². The molecule has 0 aliphatic rings. The molecule has 3 heteroatoms. The molecule has 0 saturated carbocycles. The Morgan fingerprint density at radius 1 is 1.16 bits per heavy atom. The SMILES string of the molecule is CC(Cc1ccc(F)cc1)Nc1ccccc1C#N. The van der Waals surface area contributed by atoms with Crippen LogP contribution in [0.2, 0.25) is 0 Å². The third-order valence-corrected chi connectivity index (χ3v) is 2.90. The highest BCUT2D eigenvalue weighted by Crippen LogP contribution is 2.16. The Bertz CT molecular complexity index is 584. The molecule has 2 aromatic carbocycles. The summed E-state index contributed by atoms with van der Waals surface area (Å²) in [5, 5.41) is 12.3. The standard InChI is InChI=1S/C16H15FN2/c1-12(10-13-6-8-15(17)9-7-13)19-16-5-3-2-4-14(16)11-18/h2-9,12,19H,10H2,1H3. The molecule has 0 heterocycles. The number of para-hydroxylation sites is 1. The minimum Gasteiger partial charge on any atom is -0.381 e. The molecule has 0 bridgehead atoms. The number of benzene rings is 2. The molecule has 0 radical (unpaired) electrons. The van der Waals surface area contributed by atoms with Crippen molar-refractivity contribution in [2.75, 3.05) is 5.32 Å². The number of nitrogens with zero attached hydrogens (tertiary/aromatic N) is 1. The summed E-state index contributed by atoms with van der Waals surface area (Å²) in [7, 11) is 0. The van der Waals surface area contributed by atoms with Crippen molar-refractivity contribution >= 4 is 5.69 Å². The zero-order valence-electron chi connectivity index (χ0n) is 10.7. The van der Waals surface area contributed by atoms with Gasteiger partial charge in [-0.25, -0.2) is 4.39 Å². The first kappa shape index (κ1) is 13.1. The average molecular weight is 254 g/mol. The molecule has 2 rings (SSSR count). The molecule has 0 saturated heterocycles. The first-order valence-electron chi connectivity index (χ1n) is 6.19. The lowest BCUT2D eigenvalue weighted by Crippen LogP contribution is -2.18. The summed E-state index contributed by atoms with van der Waals surface area (Å²) >= 11 is 0. The van der Waals surface area contributed by atoms with E-state index in [2.05, 4.69) is 11.4 Å². The minimum atomic E-state index is -0.223. The van der Waals surface area contributed by atoms with Crippen molar-refractivity contribution in [3.05, 3.63) is 65.5 Å². The molecule has 1 N–H and O–H groups in total. The number of rotatable bonds is 4. The van der Waals surface area contributed by atoms with E-state index in [0.717, 1.165) is 17.7 Å². The van der Waals surface area contributed by atoms with Crippen molar-refractivity contribution in [2.45, 2.75) is 19.4 Å². The normalized spacial score (nSPS) is 11.6. The van der Waals surface area contributed by atoms with Gasteiger partial charge in [0, 0.05) is 6.04 Å². The first-order valence-corrected chi connectivity index (χ1v) is 6.19. The molecular formula is C16H15FN2. The van der Waals surface area contributed by atoms with E-state index in [0.29, 0.717) is 5.56 Å². The number of hydrogen-bond donors (Lipinski definition) is 1. The van der Waals surface area contributed by atoms with Crippen LogP contribution in [-0.2, 0) is 6.42 Å². The van der Waals surface area contributed by atoms with Crippen molar-refractivity contribution in [3.63, 3.8) is 0 Å². The molecule has 0 aliphatic carbocycles. The lowest BCUT2D eigenvalue weighted by atomic mass is 10.1. The van der Waals surface area contributed by atoms with Crippen LogP contribution >= 0.6 is 0 Å². The predicted molar refractivity (Wildman–Crippen MR) is 74.3 cm³/mol. The monoisotopic (exact) mass is 254 g/mol. The van der Waals surface area contributed by atoms with Crippen LogP contribution in [0.25, 0.3) is 0 Å². The van der Waals surface area contributed by atoms with E-state index < -0.39 is 0 Å². The Labute approximate surface area is 112 Å². The number of nitriles is 1. The van der Waals surface area contributed by atoms with Crippen molar-refractivity contribution < 1.29 is 4.39 Å². The lowest BCUT2D eigenvalue weighted by Gasteiger charge is -2.16. The summed E-state index contributed by atoms with van der Waals surface area (Å²) in [4.78, 5) is 0. The molecule has 2 nitrogen and oxygen atoms in total. The fraction of sp³-hybridized carbons (Fsp3) is 0.188. The zero-order valence-corrected chi connectivity index (χ0v) is 10.7. The van der Waals surface area contributed by atoms with Gasteiger partial charge in [-0.2, -0.15) is 5.26 Å². The fourth-order valence-corrected chi connectivity index (χ4v) is 2.00. The van der Waals surface area contributed by atoms with E-state index in [1.165, 1.54) is 12.1 Å². The minimum absolute atomic E-state index is 0.167. The second-order valence-electron chi connectivity index (χ2n) is 4.53. The maximum absolute atomic E-state index is 12.8. The molecule has 2 aromatic rings. The van der Waals surface area contributed by atoms with Crippen LogP contribution in [0.3, 0.4) is 0 Å². The topological polar surface area (TPSA) is 35.8 Å². The molecule has 19 heavy (non-hydrogen) atoms. The maximum atomic E-state index is 12.8. The predicted octanol–water partition coefficient (Wildman–Crippen LogP) is 3.74. The number of hydrogen-bond acceptors (Lipinski definition) is 2. The van der Waals surface area contributed by atoms with Crippen LogP contribution in [0.5, 0.6) is 0 Å². The average Bonchev–Trinajstić information content (AvgIpc) is 2.42. The van der Waals surface area contributed by atoms with E-state index in [1.807, 2.05) is 25.1 Å². The summed E-state index contributed by atoms with van der Waals surface area (Å²) in [5.74, 6) is -0.223. The Morgan fingerprint density at radius 2 is 1.84 bits per heavy atom. The molecule has 1 atom stereocenters. The Hall–Kier alpha value is -2.34. The van der Waals surface area contributed by atoms with Crippen LogP contribution in [0, 0.1) is 17.1 Å². The summed E-state index contributed by atoms with van der Waals surface area (Å²) < 4.78 is 12.8. The van der Waals surface area contributed by atoms with Crippen LogP contribution in [0.15, 0.2) is 48.5 Å². The second-order valence-corrected chi connectivity index (χ2v) is 4.53. The number of anilines is 1. The fourth-order valence-electron chi connectivity index (χ4n) is 2.00. The van der Waals surface area contributed by atoms with Crippen molar-refractivity contribution in [3.8, 4) is 6.07 Å². The number of nitrogens with one attached hydrogen (secondary N) is 1. The molecule has 0 spiro atoms. The smallest absolute Gasteiger partial charge is 0.123 e. The molecule has 0 amide bonds. The van der Waals surface area contributed by atoms with Gasteiger partial charge in [0.05, 0.1) is 11.3 Å². The van der Waals surface area contributed by atoms with Gasteiger partial charge in [0.25, 0.3) is 0 Å². The van der Waals surface area contributed by atoms with E-state index >= 15 is 0 Å². The van der Waals surface area contributed by atoms with Gasteiger partial charge in [-0.15, -0.1) is 0 Å². The van der Waals surface area contributed by atoms with Crippen molar-refractivity contribution in [1.29, 1.82) is 5.26 Å². The van der Waals surface area contributed by atoms with E-state index in [-0.39, 0.29) is 11.9 Å². The summed E-state index contributed by atoms with van der Waals surface area (Å²) in [5.41, 5.74) is 2.53. The van der Waals surface area contributed by atoms with E-state index in [4.69, 9.17) is 5.26 Å². The van der Waals surface area contributed by atoms with E-state index in [9.17, 15) is 4.39 Å². The number of halogens is 1. The molecule has 0 aliphatic heterocycles. The third kappa shape index (κ3) is 3.56. The van der Waals surface area contributed by atoms with Gasteiger partial charge in [0.1, 0.15) is 11.9 Å². The highest BCUT2D eigenvalue weighted by Gasteiger charge is 2.06. The van der Waals surface area contributed by atoms with Gasteiger partial charge in [0.15, 0.2) is 0 Å². The van der Waals surface area contributed by atoms with Gasteiger partial charge >= 0.3 is 0 Å². The zero-order chi connectivity index (χ0) is 13.7. The molecule has 96 valence electrons. The van der Waals surface area contributed by atoms with Crippen molar-refractivity contribution in [1.82, 2.24) is 0 Å². The summed E-state index contributed by atoms with van der Waals surface area (Å²) in [6.07, 6.45) is 0.778. The highest BCUT2D eigenvalue weighted by atomic mass is 19.1. The largest absolute Gasteiger partial charge is 0.381 e. The highest BCUT2D eigenvalue weighted by molar-refractivity contribution is 5.57. The Kier molecular flexibility index (Phi) is 4.15. The maximum Gasteiger partial charge on any atom is 0.123 e. The van der Waals surface area contributed by atoms with E-state index in [1.54, 1.807) is 18.2 Å². The quantitative estimate of drug-likeness (QED) is 0.902. The van der Waals surface area contributed by atoms with Gasteiger partial charge < -0.3 is 5.32 Å².